The average Bonchev–Trinajstić information content (AvgIpc) is 3.13. The van der Waals surface area contributed by atoms with Gasteiger partial charge in [-0.25, -0.2) is 0 Å². The molecule has 0 saturated carbocycles. The van der Waals surface area contributed by atoms with Crippen LogP contribution in [0.3, 0.4) is 0 Å². The van der Waals surface area contributed by atoms with Gasteiger partial charge in [0.1, 0.15) is 11.7 Å². The summed E-state index contributed by atoms with van der Waals surface area (Å²) < 4.78 is 25.3. The number of benzene rings is 2. The molecular weight excluding hydrogens is 432 g/mol. The van der Waals surface area contributed by atoms with E-state index >= 15 is 0 Å². The van der Waals surface area contributed by atoms with Crippen LogP contribution >= 0.6 is 0 Å². The molecule has 3 heterocycles. The molecule has 0 amide bonds. The summed E-state index contributed by atoms with van der Waals surface area (Å²) >= 11 is 0. The third-order valence-corrected chi connectivity index (χ3v) is 12.7. The van der Waals surface area contributed by atoms with Gasteiger partial charge in [-0.2, -0.15) is 0 Å². The predicted octanol–water partition coefficient (Wildman–Crippen LogP) is 3.38. The summed E-state index contributed by atoms with van der Waals surface area (Å²) in [5.41, 5.74) is -0.412. The van der Waals surface area contributed by atoms with E-state index in [1.807, 2.05) is 0 Å². The Kier molecular flexibility index (Phi) is 6.27. The molecule has 3 aliphatic rings. The number of fused-ring (bicyclic) bond motifs is 1. The number of ether oxygens (including phenoxy) is 3. The van der Waals surface area contributed by atoms with Crippen molar-refractivity contribution in [3.8, 4) is 0 Å². The summed E-state index contributed by atoms with van der Waals surface area (Å²) in [6.07, 6.45) is 2.47. The maximum absolute atomic E-state index is 10.0. The first-order valence-corrected chi connectivity index (χ1v) is 14.1. The molecule has 0 aliphatic carbocycles. The van der Waals surface area contributed by atoms with Gasteiger partial charge in [-0.05, 0) is 34.7 Å². The van der Waals surface area contributed by atoms with Crippen molar-refractivity contribution >= 4 is 18.7 Å². The molecule has 3 fully saturated rings. The molecule has 5 nitrogen and oxygen atoms in total. The van der Waals surface area contributed by atoms with E-state index < -0.39 is 20.2 Å². The zero-order chi connectivity index (χ0) is 23.1. The lowest BCUT2D eigenvalue weighted by Gasteiger charge is -2.45. The Bertz CT molecular complexity index is 891. The van der Waals surface area contributed by atoms with Crippen molar-refractivity contribution in [2.24, 2.45) is 0 Å². The van der Waals surface area contributed by atoms with Gasteiger partial charge < -0.3 is 23.7 Å². The van der Waals surface area contributed by atoms with Crippen molar-refractivity contribution < 1.29 is 23.7 Å². The van der Waals surface area contributed by atoms with Gasteiger partial charge in [0.15, 0.2) is 6.29 Å². The van der Waals surface area contributed by atoms with Gasteiger partial charge in [0, 0.05) is 13.0 Å². The molecule has 5 unspecified atom stereocenters. The van der Waals surface area contributed by atoms with Crippen LogP contribution in [0.1, 0.15) is 46.5 Å². The Labute approximate surface area is 198 Å². The molecule has 0 radical (unpaired) electrons. The zero-order valence-electron chi connectivity index (χ0n) is 19.9. The van der Waals surface area contributed by atoms with Crippen LogP contribution in [0.5, 0.6) is 0 Å². The molecule has 5 rings (SSSR count). The van der Waals surface area contributed by atoms with Gasteiger partial charge >= 0.3 is 0 Å². The fourth-order valence-electron chi connectivity index (χ4n) is 6.03. The molecule has 2 aromatic carbocycles. The standard InChI is InChI=1S/C27H36O5Si/c1-26(2,3)33(21-10-6-4-7-11-21,22-12-8-5-9-13-22)30-17-16-20-14-15-24-27(32-20)18-23(31-24)25(28)29-19-27/h4-13,20,23-25,28H,14-19H2,1-3H3. The van der Waals surface area contributed by atoms with E-state index in [0.717, 1.165) is 19.3 Å². The lowest BCUT2D eigenvalue weighted by atomic mass is 9.85. The quantitative estimate of drug-likeness (QED) is 0.659. The van der Waals surface area contributed by atoms with Crippen molar-refractivity contribution in [2.75, 3.05) is 13.2 Å². The van der Waals surface area contributed by atoms with Crippen LogP contribution in [0.25, 0.3) is 0 Å². The SMILES string of the molecule is CC(C)(C)[Si](OCCC1CCC2OC3CC2(COC3O)O1)(c1ccccc1)c1ccccc1. The highest BCUT2D eigenvalue weighted by Crippen LogP contribution is 2.46. The molecule has 2 bridgehead atoms. The van der Waals surface area contributed by atoms with Crippen LogP contribution in [0.2, 0.25) is 5.04 Å². The second kappa shape index (κ2) is 8.91. The summed E-state index contributed by atoms with van der Waals surface area (Å²) in [4.78, 5) is 0. The molecular formula is C27H36O5Si. The first-order valence-electron chi connectivity index (χ1n) is 12.2. The van der Waals surface area contributed by atoms with Crippen LogP contribution in [-0.2, 0) is 18.6 Å². The van der Waals surface area contributed by atoms with E-state index in [9.17, 15) is 5.11 Å². The fourth-order valence-corrected chi connectivity index (χ4v) is 10.6. The van der Waals surface area contributed by atoms with E-state index in [2.05, 4.69) is 81.4 Å². The smallest absolute Gasteiger partial charge is 0.261 e. The van der Waals surface area contributed by atoms with E-state index in [4.69, 9.17) is 18.6 Å². The number of hydrogen-bond donors (Lipinski definition) is 1. The van der Waals surface area contributed by atoms with Crippen LogP contribution in [0.15, 0.2) is 60.7 Å². The lowest BCUT2D eigenvalue weighted by Crippen LogP contribution is -2.66. The van der Waals surface area contributed by atoms with E-state index in [1.165, 1.54) is 10.4 Å². The number of rotatable bonds is 6. The largest absolute Gasteiger partial charge is 0.407 e. The first kappa shape index (κ1) is 23.2. The number of aliphatic hydroxyl groups excluding tert-OH is 1. The monoisotopic (exact) mass is 468 g/mol. The Morgan fingerprint density at radius 2 is 1.64 bits per heavy atom. The molecule has 178 valence electrons. The fraction of sp³-hybridized carbons (Fsp3) is 0.556. The summed E-state index contributed by atoms with van der Waals surface area (Å²) in [7, 11) is -2.53. The Balaban J connectivity index is 1.35. The van der Waals surface area contributed by atoms with E-state index in [1.54, 1.807) is 0 Å². The maximum Gasteiger partial charge on any atom is 0.261 e. The Hall–Kier alpha value is -1.54. The van der Waals surface area contributed by atoms with Crippen LogP contribution in [-0.4, -0.2) is 56.8 Å². The molecule has 33 heavy (non-hydrogen) atoms. The van der Waals surface area contributed by atoms with Gasteiger partial charge in [0.2, 0.25) is 0 Å². The van der Waals surface area contributed by atoms with Crippen molar-refractivity contribution in [1.82, 2.24) is 0 Å². The highest BCUT2D eigenvalue weighted by atomic mass is 28.4. The summed E-state index contributed by atoms with van der Waals surface area (Å²) in [6, 6.07) is 21.5. The summed E-state index contributed by atoms with van der Waals surface area (Å²) in [5, 5.41) is 12.6. The highest BCUT2D eigenvalue weighted by molar-refractivity contribution is 6.99. The number of aliphatic hydroxyl groups is 1. The molecule has 0 aromatic heterocycles. The van der Waals surface area contributed by atoms with E-state index in [0.29, 0.717) is 19.6 Å². The predicted molar refractivity (Wildman–Crippen MR) is 130 cm³/mol. The van der Waals surface area contributed by atoms with Crippen LogP contribution in [0, 0.1) is 0 Å². The van der Waals surface area contributed by atoms with Crippen molar-refractivity contribution in [1.29, 1.82) is 0 Å². The highest BCUT2D eigenvalue weighted by Gasteiger charge is 2.58. The Morgan fingerprint density at radius 1 is 1.00 bits per heavy atom. The Morgan fingerprint density at radius 3 is 2.24 bits per heavy atom. The molecule has 1 spiro atoms. The molecule has 1 N–H and O–H groups in total. The maximum atomic E-state index is 10.0. The number of hydrogen-bond acceptors (Lipinski definition) is 5. The normalized spacial score (nSPS) is 31.9. The topological polar surface area (TPSA) is 57.2 Å². The van der Waals surface area contributed by atoms with E-state index in [-0.39, 0.29) is 23.4 Å². The van der Waals surface area contributed by atoms with Crippen molar-refractivity contribution in [3.63, 3.8) is 0 Å². The second-order valence-corrected chi connectivity index (χ2v) is 15.1. The van der Waals surface area contributed by atoms with Gasteiger partial charge in [0.05, 0.1) is 18.8 Å². The third-order valence-electron chi connectivity index (χ3n) is 7.62. The van der Waals surface area contributed by atoms with Gasteiger partial charge in [-0.1, -0.05) is 81.4 Å². The molecule has 2 aromatic rings. The van der Waals surface area contributed by atoms with Crippen LogP contribution in [0.4, 0.5) is 0 Å². The third kappa shape index (κ3) is 4.11. The second-order valence-electron chi connectivity index (χ2n) is 10.8. The minimum atomic E-state index is -2.53. The molecule has 3 saturated heterocycles. The molecule has 5 atom stereocenters. The molecule has 6 heteroatoms. The zero-order valence-corrected chi connectivity index (χ0v) is 20.9. The lowest BCUT2D eigenvalue weighted by molar-refractivity contribution is -0.223. The first-order chi connectivity index (χ1) is 15.8. The van der Waals surface area contributed by atoms with Gasteiger partial charge in [-0.3, -0.25) is 0 Å². The summed E-state index contributed by atoms with van der Waals surface area (Å²) in [5.74, 6) is 0. The van der Waals surface area contributed by atoms with Crippen molar-refractivity contribution in [2.45, 2.75) is 81.7 Å². The average molecular weight is 469 g/mol. The van der Waals surface area contributed by atoms with Crippen LogP contribution < -0.4 is 10.4 Å². The minimum absolute atomic E-state index is 0.0218. The van der Waals surface area contributed by atoms with Gasteiger partial charge in [-0.15, -0.1) is 0 Å². The summed E-state index contributed by atoms with van der Waals surface area (Å²) in [6.45, 7) is 7.97. The van der Waals surface area contributed by atoms with Crippen molar-refractivity contribution in [3.05, 3.63) is 60.7 Å². The molecule has 3 aliphatic heterocycles. The van der Waals surface area contributed by atoms with Gasteiger partial charge in [0.25, 0.3) is 8.32 Å². The minimum Gasteiger partial charge on any atom is -0.407 e.